The smallest absolute Gasteiger partial charge is 0.249 e. The molecule has 1 saturated heterocycles. The molecule has 1 fully saturated rings. The zero-order valence-corrected chi connectivity index (χ0v) is 11.8. The summed E-state index contributed by atoms with van der Waals surface area (Å²) in [5.74, 6) is 0.0186. The summed E-state index contributed by atoms with van der Waals surface area (Å²) >= 11 is 1.05. The van der Waals surface area contributed by atoms with Gasteiger partial charge < -0.3 is 15.7 Å². The Balaban J connectivity index is 2.46. The normalized spacial score (nSPS) is 20.9. The van der Waals surface area contributed by atoms with Gasteiger partial charge in [0.2, 0.25) is 10.0 Å². The van der Waals surface area contributed by atoms with E-state index in [9.17, 15) is 13.5 Å². The molecule has 7 nitrogen and oxygen atoms in total. The summed E-state index contributed by atoms with van der Waals surface area (Å²) < 4.78 is 29.4. The van der Waals surface area contributed by atoms with Crippen molar-refractivity contribution in [3.63, 3.8) is 0 Å². The van der Waals surface area contributed by atoms with Crippen molar-refractivity contribution in [1.82, 2.24) is 8.68 Å². The first kappa shape index (κ1) is 13.5. The third-order valence-electron chi connectivity index (χ3n) is 2.85. The van der Waals surface area contributed by atoms with Crippen LogP contribution >= 0.6 is 11.5 Å². The molecule has 18 heavy (non-hydrogen) atoms. The van der Waals surface area contributed by atoms with Gasteiger partial charge in [-0.05, 0) is 18.0 Å². The van der Waals surface area contributed by atoms with Crippen molar-refractivity contribution in [3.05, 3.63) is 0 Å². The molecule has 0 radical (unpaired) electrons. The minimum absolute atomic E-state index is 0.0186. The highest BCUT2D eigenvalue weighted by Gasteiger charge is 2.32. The molecule has 1 aromatic heterocycles. The number of hydrogen-bond acceptors (Lipinski definition) is 7. The summed E-state index contributed by atoms with van der Waals surface area (Å²) in [5, 5.41) is 10.0. The van der Waals surface area contributed by atoms with Gasteiger partial charge in [-0.2, -0.15) is 4.37 Å². The molecule has 1 aliphatic rings. The summed E-state index contributed by atoms with van der Waals surface area (Å²) in [5.41, 5.74) is 5.67. The van der Waals surface area contributed by atoms with E-state index in [-0.39, 0.29) is 10.7 Å². The van der Waals surface area contributed by atoms with Crippen LogP contribution in [0.15, 0.2) is 4.90 Å². The van der Waals surface area contributed by atoms with Crippen molar-refractivity contribution in [2.24, 2.45) is 0 Å². The van der Waals surface area contributed by atoms with Crippen molar-refractivity contribution in [3.8, 4) is 0 Å². The lowest BCUT2D eigenvalue weighted by Gasteiger charge is -2.18. The monoisotopic (exact) mass is 292 g/mol. The van der Waals surface area contributed by atoms with Gasteiger partial charge in [-0.15, -0.1) is 0 Å². The number of aliphatic hydroxyl groups is 1. The summed E-state index contributed by atoms with van der Waals surface area (Å²) in [6.07, 6.45) is 0.197. The fourth-order valence-electron chi connectivity index (χ4n) is 1.84. The van der Waals surface area contributed by atoms with Crippen molar-refractivity contribution >= 4 is 32.4 Å². The average Bonchev–Trinajstić information content (AvgIpc) is 2.84. The zero-order chi connectivity index (χ0) is 13.5. The van der Waals surface area contributed by atoms with E-state index in [4.69, 9.17) is 5.73 Å². The number of nitrogens with two attached hydrogens (primary N) is 1. The van der Waals surface area contributed by atoms with E-state index >= 15 is 0 Å². The van der Waals surface area contributed by atoms with Gasteiger partial charge in [-0.25, -0.2) is 12.7 Å². The highest BCUT2D eigenvalue weighted by atomic mass is 32.2. The number of aliphatic hydroxyl groups excluding tert-OH is 1. The largest absolute Gasteiger partial charge is 0.391 e. The molecule has 1 unspecified atom stereocenters. The van der Waals surface area contributed by atoms with Crippen LogP contribution in [0.5, 0.6) is 0 Å². The summed E-state index contributed by atoms with van der Waals surface area (Å²) in [6, 6.07) is 0. The van der Waals surface area contributed by atoms with Crippen LogP contribution in [0.3, 0.4) is 0 Å². The van der Waals surface area contributed by atoms with E-state index in [1.165, 1.54) is 14.1 Å². The summed E-state index contributed by atoms with van der Waals surface area (Å²) in [4.78, 5) is 1.86. The van der Waals surface area contributed by atoms with Crippen LogP contribution in [-0.4, -0.2) is 55.5 Å². The first-order valence-corrected chi connectivity index (χ1v) is 7.66. The third kappa shape index (κ3) is 2.18. The van der Waals surface area contributed by atoms with E-state index in [1.54, 1.807) is 0 Å². The number of sulfonamides is 1. The Morgan fingerprint density at radius 2 is 2.22 bits per heavy atom. The van der Waals surface area contributed by atoms with E-state index in [0.29, 0.717) is 24.5 Å². The molecule has 0 saturated carbocycles. The molecule has 0 amide bonds. The van der Waals surface area contributed by atoms with Crippen LogP contribution in [0.25, 0.3) is 0 Å². The van der Waals surface area contributed by atoms with Gasteiger partial charge in [0.25, 0.3) is 0 Å². The molecule has 3 N–H and O–H groups in total. The van der Waals surface area contributed by atoms with Gasteiger partial charge in [-0.3, -0.25) is 0 Å². The Labute approximate surface area is 110 Å². The Hall–Kier alpha value is -0.900. The molecule has 1 aromatic rings. The van der Waals surface area contributed by atoms with Gasteiger partial charge in [-0.1, -0.05) is 0 Å². The predicted octanol–water partition coefficient (Wildman–Crippen LogP) is -0.453. The van der Waals surface area contributed by atoms with E-state index in [2.05, 4.69) is 4.37 Å². The van der Waals surface area contributed by atoms with Crippen LogP contribution in [0.1, 0.15) is 6.42 Å². The molecular formula is C9H16N4O3S2. The number of nitrogens with zero attached hydrogens (tertiary/aromatic N) is 3. The number of anilines is 2. The fourth-order valence-corrected chi connectivity index (χ4v) is 4.09. The third-order valence-corrected chi connectivity index (χ3v) is 5.78. The molecule has 9 heteroatoms. The highest BCUT2D eigenvalue weighted by Crippen LogP contribution is 2.37. The minimum atomic E-state index is -3.62. The molecule has 102 valence electrons. The molecule has 0 spiro atoms. The Morgan fingerprint density at radius 1 is 1.56 bits per heavy atom. The molecular weight excluding hydrogens is 276 g/mol. The highest BCUT2D eigenvalue weighted by molar-refractivity contribution is 7.89. The maximum Gasteiger partial charge on any atom is 0.249 e. The topological polar surface area (TPSA) is 99.8 Å². The van der Waals surface area contributed by atoms with Gasteiger partial charge in [0, 0.05) is 27.2 Å². The quantitative estimate of drug-likeness (QED) is 0.782. The number of aromatic nitrogens is 1. The molecule has 1 atom stereocenters. The maximum absolute atomic E-state index is 12.2. The first-order valence-electron chi connectivity index (χ1n) is 5.44. The van der Waals surface area contributed by atoms with Crippen molar-refractivity contribution in [1.29, 1.82) is 0 Å². The van der Waals surface area contributed by atoms with E-state index < -0.39 is 16.1 Å². The lowest BCUT2D eigenvalue weighted by Crippen LogP contribution is -2.27. The summed E-state index contributed by atoms with van der Waals surface area (Å²) in [7, 11) is -0.710. The van der Waals surface area contributed by atoms with Crippen molar-refractivity contribution in [2.75, 3.05) is 37.8 Å². The Morgan fingerprint density at radius 3 is 2.72 bits per heavy atom. The minimum Gasteiger partial charge on any atom is -0.391 e. The van der Waals surface area contributed by atoms with Gasteiger partial charge in [0.05, 0.1) is 6.10 Å². The van der Waals surface area contributed by atoms with Crippen LogP contribution < -0.4 is 10.6 Å². The summed E-state index contributed by atoms with van der Waals surface area (Å²) in [6.45, 7) is 1.02. The Bertz CT molecular complexity index is 540. The van der Waals surface area contributed by atoms with Gasteiger partial charge in [0.15, 0.2) is 10.7 Å². The second-order valence-electron chi connectivity index (χ2n) is 4.38. The van der Waals surface area contributed by atoms with Crippen molar-refractivity contribution in [2.45, 2.75) is 17.4 Å². The van der Waals surface area contributed by atoms with Crippen LogP contribution in [0, 0.1) is 0 Å². The van der Waals surface area contributed by atoms with Crippen LogP contribution in [-0.2, 0) is 10.0 Å². The fraction of sp³-hybridized carbons (Fsp3) is 0.667. The molecule has 0 aliphatic carbocycles. The lowest BCUT2D eigenvalue weighted by atomic mass is 10.3. The van der Waals surface area contributed by atoms with Gasteiger partial charge >= 0.3 is 0 Å². The Kier molecular flexibility index (Phi) is 3.49. The maximum atomic E-state index is 12.2. The molecule has 2 heterocycles. The first-order chi connectivity index (χ1) is 8.34. The average molecular weight is 292 g/mol. The molecule has 1 aliphatic heterocycles. The number of β-amino-alcohol motifs (C(OH)–C–C–N with tert-alkyl or cyclic N) is 1. The molecule has 0 bridgehead atoms. The number of rotatable bonds is 3. The lowest BCUT2D eigenvalue weighted by molar-refractivity contribution is 0.198. The predicted molar refractivity (Wildman–Crippen MR) is 70.2 cm³/mol. The van der Waals surface area contributed by atoms with Crippen LogP contribution in [0.2, 0.25) is 0 Å². The SMILES string of the molecule is CN(C)S(=O)(=O)c1c(N)nsc1N1CCC(O)C1. The van der Waals surface area contributed by atoms with Crippen molar-refractivity contribution < 1.29 is 13.5 Å². The second-order valence-corrected chi connectivity index (χ2v) is 7.22. The van der Waals surface area contributed by atoms with E-state index in [0.717, 1.165) is 15.8 Å². The van der Waals surface area contributed by atoms with E-state index in [1.807, 2.05) is 4.90 Å². The number of hydrogen-bond donors (Lipinski definition) is 2. The molecule has 2 rings (SSSR count). The standard InChI is InChI=1S/C9H16N4O3S2/c1-12(2)18(15,16)7-8(10)11-17-9(7)13-4-3-6(14)5-13/h6,14H,3-5H2,1-2H3,(H2,10,11). The molecule has 0 aromatic carbocycles. The number of nitrogen functional groups attached to an aromatic ring is 1. The van der Waals surface area contributed by atoms with Crippen LogP contribution in [0.4, 0.5) is 10.8 Å². The second kappa shape index (κ2) is 4.65. The van der Waals surface area contributed by atoms with Gasteiger partial charge in [0.1, 0.15) is 5.00 Å². The zero-order valence-electron chi connectivity index (χ0n) is 10.2.